The maximum Gasteiger partial charge on any atom is 0.253 e. The molecule has 34 heavy (non-hydrogen) atoms. The number of hydrogen-bond donors (Lipinski definition) is 2. The molecule has 182 valence electrons. The van der Waals surface area contributed by atoms with Gasteiger partial charge in [-0.1, -0.05) is 23.8 Å². The number of benzene rings is 1. The number of nitrogens with one attached hydrogen (secondary N) is 2. The Hall–Kier alpha value is -2.57. The fourth-order valence-corrected chi connectivity index (χ4v) is 5.22. The Morgan fingerprint density at radius 2 is 1.79 bits per heavy atom. The van der Waals surface area contributed by atoms with Crippen molar-refractivity contribution in [2.24, 2.45) is 0 Å². The Bertz CT molecular complexity index is 1130. The zero-order chi connectivity index (χ0) is 24.2. The van der Waals surface area contributed by atoms with Crippen molar-refractivity contribution < 1.29 is 9.53 Å². The fourth-order valence-electron chi connectivity index (χ4n) is 5.01. The number of ether oxygens (including phenoxy) is 1. The largest absolute Gasteiger partial charge is 0.490 e. The molecule has 2 N–H and O–H groups in total. The lowest BCUT2D eigenvalue weighted by Gasteiger charge is -2.33. The minimum atomic E-state index is -0.251. The second-order valence-corrected chi connectivity index (χ2v) is 10.1. The Labute approximate surface area is 206 Å². The Morgan fingerprint density at radius 3 is 2.53 bits per heavy atom. The lowest BCUT2D eigenvalue weighted by Crippen LogP contribution is -2.35. The van der Waals surface area contributed by atoms with Crippen molar-refractivity contribution >= 4 is 17.5 Å². The summed E-state index contributed by atoms with van der Waals surface area (Å²) in [7, 11) is 4.25. The molecule has 1 saturated carbocycles. The second-order valence-electron chi connectivity index (χ2n) is 9.62. The van der Waals surface area contributed by atoms with Crippen LogP contribution in [0.5, 0.6) is 5.75 Å². The van der Waals surface area contributed by atoms with Crippen LogP contribution < -0.4 is 15.6 Å². The summed E-state index contributed by atoms with van der Waals surface area (Å²) in [6.45, 7) is 2.04. The van der Waals surface area contributed by atoms with Crippen LogP contribution in [0.15, 0.2) is 35.1 Å². The zero-order valence-electron chi connectivity index (χ0n) is 20.2. The van der Waals surface area contributed by atoms with Gasteiger partial charge in [-0.05, 0) is 89.7 Å². The Morgan fingerprint density at radius 1 is 1.03 bits per heavy atom. The number of rotatable bonds is 3. The molecule has 7 heteroatoms. The average Bonchev–Trinajstić information content (AvgIpc) is 2.78. The molecule has 0 unspecified atom stereocenters. The normalized spacial score (nSPS) is 21.1. The van der Waals surface area contributed by atoms with E-state index in [1.165, 1.54) is 0 Å². The maximum absolute atomic E-state index is 13.3. The van der Waals surface area contributed by atoms with Crippen molar-refractivity contribution in [1.29, 1.82) is 0 Å². The van der Waals surface area contributed by atoms with Gasteiger partial charge in [0.2, 0.25) is 0 Å². The third kappa shape index (κ3) is 5.73. The van der Waals surface area contributed by atoms with Gasteiger partial charge in [-0.2, -0.15) is 0 Å². The van der Waals surface area contributed by atoms with Gasteiger partial charge in [0, 0.05) is 40.0 Å². The van der Waals surface area contributed by atoms with E-state index < -0.39 is 0 Å². The number of pyridine rings is 1. The number of halogens is 1. The number of aromatic amines is 1. The molecule has 1 aliphatic heterocycles. The predicted molar refractivity (Wildman–Crippen MR) is 136 cm³/mol. The van der Waals surface area contributed by atoms with E-state index in [2.05, 4.69) is 41.4 Å². The van der Waals surface area contributed by atoms with Gasteiger partial charge in [0.25, 0.3) is 11.5 Å². The molecule has 4 rings (SSSR count). The van der Waals surface area contributed by atoms with E-state index in [1.54, 1.807) is 6.07 Å². The van der Waals surface area contributed by atoms with Crippen molar-refractivity contribution in [3.8, 4) is 5.75 Å². The molecule has 0 spiro atoms. The summed E-state index contributed by atoms with van der Waals surface area (Å²) in [5, 5.41) is 3.42. The molecular formula is C27H34ClN3O3. The Kier molecular flexibility index (Phi) is 7.79. The highest BCUT2D eigenvalue weighted by molar-refractivity contribution is 6.31. The SMILES string of the molecule is Cc1cc2c(c(=O)[nH]1)CNC(=O)c1cc(Cl)cc(OC3CCC(N(C)C)CC3)c1CC=CCC2. The summed E-state index contributed by atoms with van der Waals surface area (Å²) in [4.78, 5) is 31.0. The van der Waals surface area contributed by atoms with Gasteiger partial charge in [0.1, 0.15) is 5.75 Å². The minimum Gasteiger partial charge on any atom is -0.490 e. The van der Waals surface area contributed by atoms with Crippen LogP contribution in [-0.4, -0.2) is 42.0 Å². The number of carbonyl (C=O) groups is 1. The number of hydrogen-bond acceptors (Lipinski definition) is 4. The van der Waals surface area contributed by atoms with Crippen LogP contribution in [0.3, 0.4) is 0 Å². The molecule has 2 aliphatic rings. The summed E-state index contributed by atoms with van der Waals surface area (Å²) in [6, 6.07) is 6.10. The topological polar surface area (TPSA) is 74.4 Å². The molecule has 0 bridgehead atoms. The predicted octanol–water partition coefficient (Wildman–Crippen LogP) is 4.56. The molecule has 6 nitrogen and oxygen atoms in total. The number of aryl methyl sites for hydroxylation is 2. The molecule has 0 radical (unpaired) electrons. The number of carbonyl (C=O) groups excluding carboxylic acids is 1. The van der Waals surface area contributed by atoms with E-state index in [-0.39, 0.29) is 24.1 Å². The molecule has 0 atom stereocenters. The first kappa shape index (κ1) is 24.6. The van der Waals surface area contributed by atoms with Crippen LogP contribution >= 0.6 is 11.6 Å². The zero-order valence-corrected chi connectivity index (χ0v) is 21.0. The smallest absolute Gasteiger partial charge is 0.253 e. The first-order valence-corrected chi connectivity index (χ1v) is 12.5. The lowest BCUT2D eigenvalue weighted by molar-refractivity contribution is 0.0945. The van der Waals surface area contributed by atoms with Gasteiger partial charge in [-0.3, -0.25) is 9.59 Å². The first-order chi connectivity index (χ1) is 16.3. The van der Waals surface area contributed by atoms with E-state index in [0.29, 0.717) is 34.4 Å². The van der Waals surface area contributed by atoms with Crippen molar-refractivity contribution in [2.45, 2.75) is 70.6 Å². The van der Waals surface area contributed by atoms with E-state index in [9.17, 15) is 9.59 Å². The summed E-state index contributed by atoms with van der Waals surface area (Å²) >= 11 is 6.44. The minimum absolute atomic E-state index is 0.112. The summed E-state index contributed by atoms with van der Waals surface area (Å²) in [5.74, 6) is 0.431. The van der Waals surface area contributed by atoms with Crippen LogP contribution in [0, 0.1) is 6.92 Å². The highest BCUT2D eigenvalue weighted by Gasteiger charge is 2.26. The van der Waals surface area contributed by atoms with E-state index in [1.807, 2.05) is 19.1 Å². The summed E-state index contributed by atoms with van der Waals surface area (Å²) < 4.78 is 6.45. The third-order valence-corrected chi connectivity index (χ3v) is 7.16. The van der Waals surface area contributed by atoms with Gasteiger partial charge in [-0.25, -0.2) is 0 Å². The van der Waals surface area contributed by atoms with Gasteiger partial charge in [0.15, 0.2) is 0 Å². The third-order valence-electron chi connectivity index (χ3n) is 6.94. The van der Waals surface area contributed by atoms with Gasteiger partial charge in [-0.15, -0.1) is 0 Å². The molecule has 2 heterocycles. The van der Waals surface area contributed by atoms with Crippen molar-refractivity contribution in [2.75, 3.05) is 14.1 Å². The van der Waals surface area contributed by atoms with Crippen LogP contribution in [-0.2, 0) is 19.4 Å². The first-order valence-electron chi connectivity index (χ1n) is 12.1. The standard InChI is InChI=1S/C27H34ClN3O3/c1-17-13-18-7-5-4-6-8-22-23(26(32)29-16-24(18)27(33)30-17)14-19(28)15-25(22)34-21-11-9-20(10-12-21)31(2)3/h4,6,13-15,20-21H,5,7-12,16H2,1-3H3,(H,29,32)(H,30,33). The van der Waals surface area contributed by atoms with Gasteiger partial charge in [0.05, 0.1) is 6.10 Å². The number of nitrogens with zero attached hydrogens (tertiary/aromatic N) is 1. The fraction of sp³-hybridized carbons (Fsp3) is 0.481. The molecule has 1 aliphatic carbocycles. The monoisotopic (exact) mass is 483 g/mol. The van der Waals surface area contributed by atoms with Gasteiger partial charge < -0.3 is 19.9 Å². The van der Waals surface area contributed by atoms with Crippen LogP contribution in [0.2, 0.25) is 5.02 Å². The van der Waals surface area contributed by atoms with Crippen LogP contribution in [0.1, 0.15) is 64.8 Å². The van der Waals surface area contributed by atoms with Gasteiger partial charge >= 0.3 is 0 Å². The molecule has 2 aromatic rings. The molecule has 1 aromatic heterocycles. The number of allylic oxidation sites excluding steroid dienone is 2. The average molecular weight is 484 g/mol. The molecular weight excluding hydrogens is 450 g/mol. The van der Waals surface area contributed by atoms with Crippen LogP contribution in [0.25, 0.3) is 0 Å². The molecule has 1 aromatic carbocycles. The molecule has 0 saturated heterocycles. The van der Waals surface area contributed by atoms with Crippen molar-refractivity contribution in [3.63, 3.8) is 0 Å². The number of amides is 1. The van der Waals surface area contributed by atoms with E-state index >= 15 is 0 Å². The number of aromatic nitrogens is 1. The summed E-state index contributed by atoms with van der Waals surface area (Å²) in [5.41, 5.74) is 3.58. The van der Waals surface area contributed by atoms with E-state index in [4.69, 9.17) is 16.3 Å². The second kappa shape index (κ2) is 10.8. The van der Waals surface area contributed by atoms with Crippen LogP contribution in [0.4, 0.5) is 0 Å². The highest BCUT2D eigenvalue weighted by Crippen LogP contribution is 2.33. The number of H-pyrrole nitrogens is 1. The van der Waals surface area contributed by atoms with Crippen molar-refractivity contribution in [3.05, 3.63) is 73.7 Å². The quantitative estimate of drug-likeness (QED) is 0.627. The maximum atomic E-state index is 13.3. The lowest BCUT2D eigenvalue weighted by atomic mass is 9.92. The van der Waals surface area contributed by atoms with E-state index in [0.717, 1.165) is 55.3 Å². The molecule has 1 fully saturated rings. The highest BCUT2D eigenvalue weighted by atomic mass is 35.5. The van der Waals surface area contributed by atoms with Crippen molar-refractivity contribution in [1.82, 2.24) is 15.2 Å². The number of fused-ring (bicyclic) bond motifs is 2. The Balaban J connectivity index is 1.61. The molecule has 1 amide bonds. The summed E-state index contributed by atoms with van der Waals surface area (Å²) in [6.07, 6.45) is 10.6.